The molecule has 1 aliphatic rings. The molecule has 2 heterocycles. The van der Waals surface area contributed by atoms with Crippen LogP contribution < -0.4 is 15.2 Å². The lowest BCUT2D eigenvalue weighted by atomic mass is 10.2. The summed E-state index contributed by atoms with van der Waals surface area (Å²) in [6, 6.07) is 6.00. The Kier molecular flexibility index (Phi) is 3.63. The summed E-state index contributed by atoms with van der Waals surface area (Å²) >= 11 is 1.64. The summed E-state index contributed by atoms with van der Waals surface area (Å²) in [6.07, 6.45) is 0.912. The number of hydrogen-bond donors (Lipinski definition) is 1. The minimum Gasteiger partial charge on any atom is -0.490 e. The van der Waals surface area contributed by atoms with Crippen molar-refractivity contribution in [2.75, 3.05) is 13.2 Å². The van der Waals surface area contributed by atoms with Crippen LogP contribution in [0.15, 0.2) is 18.2 Å². The zero-order valence-corrected chi connectivity index (χ0v) is 12.5. The Morgan fingerprint density at radius 2 is 2.00 bits per heavy atom. The van der Waals surface area contributed by atoms with Gasteiger partial charge in [-0.15, -0.1) is 11.3 Å². The van der Waals surface area contributed by atoms with E-state index in [9.17, 15) is 0 Å². The fourth-order valence-electron chi connectivity index (χ4n) is 2.25. The molecular weight excluding hydrogens is 272 g/mol. The molecule has 0 saturated heterocycles. The molecule has 1 aliphatic heterocycles. The maximum atomic E-state index is 5.96. The van der Waals surface area contributed by atoms with Crippen molar-refractivity contribution in [2.45, 2.75) is 26.3 Å². The van der Waals surface area contributed by atoms with Gasteiger partial charge in [0.05, 0.1) is 18.9 Å². The van der Waals surface area contributed by atoms with Crippen LogP contribution >= 0.6 is 11.3 Å². The second-order valence-electron chi connectivity index (χ2n) is 4.97. The second kappa shape index (κ2) is 5.42. The first kappa shape index (κ1) is 13.4. The Morgan fingerprint density at radius 3 is 2.70 bits per heavy atom. The van der Waals surface area contributed by atoms with E-state index in [1.54, 1.807) is 11.3 Å². The molecule has 0 bridgehead atoms. The fraction of sp³-hybridized carbons (Fsp3) is 0.400. The van der Waals surface area contributed by atoms with E-state index in [-0.39, 0.29) is 6.04 Å². The van der Waals surface area contributed by atoms with Crippen LogP contribution in [0.5, 0.6) is 11.5 Å². The summed E-state index contributed by atoms with van der Waals surface area (Å²) < 4.78 is 11.4. The standard InChI is InChI=1S/C15H18N2O2S/c1-9(16)14-10(2)17-15(20-14)11-4-5-12-13(8-11)19-7-3-6-18-12/h4-5,8-9H,3,6-7,16H2,1-2H3. The summed E-state index contributed by atoms with van der Waals surface area (Å²) in [5.41, 5.74) is 8.02. The Morgan fingerprint density at radius 1 is 1.25 bits per heavy atom. The lowest BCUT2D eigenvalue weighted by molar-refractivity contribution is 0.297. The zero-order valence-electron chi connectivity index (χ0n) is 11.7. The number of fused-ring (bicyclic) bond motifs is 1. The molecule has 0 fully saturated rings. The van der Waals surface area contributed by atoms with E-state index in [4.69, 9.17) is 15.2 Å². The summed E-state index contributed by atoms with van der Waals surface area (Å²) in [6.45, 7) is 5.38. The molecule has 2 aromatic rings. The van der Waals surface area contributed by atoms with E-state index in [1.165, 1.54) is 0 Å². The number of aryl methyl sites for hydroxylation is 1. The second-order valence-corrected chi connectivity index (χ2v) is 6.00. The van der Waals surface area contributed by atoms with Gasteiger partial charge in [-0.05, 0) is 32.0 Å². The van der Waals surface area contributed by atoms with E-state index in [2.05, 4.69) is 4.98 Å². The van der Waals surface area contributed by atoms with Gasteiger partial charge in [-0.3, -0.25) is 0 Å². The highest BCUT2D eigenvalue weighted by Gasteiger charge is 2.15. The van der Waals surface area contributed by atoms with Crippen molar-refractivity contribution in [3.63, 3.8) is 0 Å². The topological polar surface area (TPSA) is 57.4 Å². The minimum absolute atomic E-state index is 0.0154. The lowest BCUT2D eigenvalue weighted by Crippen LogP contribution is -2.03. The number of thiazole rings is 1. The summed E-state index contributed by atoms with van der Waals surface area (Å²) in [5, 5.41) is 0.977. The molecule has 1 aromatic carbocycles. The smallest absolute Gasteiger partial charge is 0.161 e. The van der Waals surface area contributed by atoms with Gasteiger partial charge in [0.2, 0.25) is 0 Å². The lowest BCUT2D eigenvalue weighted by Gasteiger charge is -2.07. The van der Waals surface area contributed by atoms with Crippen molar-refractivity contribution >= 4 is 11.3 Å². The molecule has 106 valence electrons. The highest BCUT2D eigenvalue weighted by atomic mass is 32.1. The molecule has 0 aliphatic carbocycles. The van der Waals surface area contributed by atoms with Crippen molar-refractivity contribution in [1.29, 1.82) is 0 Å². The van der Waals surface area contributed by atoms with E-state index in [0.29, 0.717) is 13.2 Å². The van der Waals surface area contributed by atoms with Crippen LogP contribution in [0.3, 0.4) is 0 Å². The Hall–Kier alpha value is -1.59. The predicted octanol–water partition coefficient (Wildman–Crippen LogP) is 3.30. The van der Waals surface area contributed by atoms with Gasteiger partial charge in [0.25, 0.3) is 0 Å². The van der Waals surface area contributed by atoms with Crippen LogP contribution in [0, 0.1) is 6.92 Å². The summed E-state index contributed by atoms with van der Waals surface area (Å²) in [4.78, 5) is 5.75. The van der Waals surface area contributed by atoms with Gasteiger partial charge in [-0.1, -0.05) is 0 Å². The van der Waals surface area contributed by atoms with Crippen LogP contribution in [0.4, 0.5) is 0 Å². The normalized spacial score (nSPS) is 15.8. The number of nitrogens with two attached hydrogens (primary N) is 1. The molecule has 0 spiro atoms. The third kappa shape index (κ3) is 2.51. The van der Waals surface area contributed by atoms with Gasteiger partial charge in [0.1, 0.15) is 5.01 Å². The quantitative estimate of drug-likeness (QED) is 0.922. The Bertz CT molecular complexity index is 622. The molecule has 3 rings (SSSR count). The van der Waals surface area contributed by atoms with Crippen molar-refractivity contribution in [3.8, 4) is 22.1 Å². The number of hydrogen-bond acceptors (Lipinski definition) is 5. The Balaban J connectivity index is 1.98. The zero-order chi connectivity index (χ0) is 14.1. The highest BCUT2D eigenvalue weighted by molar-refractivity contribution is 7.15. The van der Waals surface area contributed by atoms with Crippen LogP contribution in [-0.2, 0) is 0 Å². The molecular formula is C15H18N2O2S. The van der Waals surface area contributed by atoms with E-state index in [1.807, 2.05) is 32.0 Å². The van der Waals surface area contributed by atoms with Crippen molar-refractivity contribution in [2.24, 2.45) is 5.73 Å². The maximum absolute atomic E-state index is 5.96. The van der Waals surface area contributed by atoms with Gasteiger partial charge in [0.15, 0.2) is 11.5 Å². The molecule has 20 heavy (non-hydrogen) atoms. The fourth-order valence-corrected chi connectivity index (χ4v) is 3.27. The maximum Gasteiger partial charge on any atom is 0.161 e. The van der Waals surface area contributed by atoms with E-state index in [0.717, 1.165) is 39.1 Å². The first-order valence-electron chi connectivity index (χ1n) is 6.78. The summed E-state index contributed by atoms with van der Waals surface area (Å²) in [7, 11) is 0. The molecule has 1 unspecified atom stereocenters. The molecule has 0 saturated carbocycles. The van der Waals surface area contributed by atoms with Gasteiger partial charge >= 0.3 is 0 Å². The van der Waals surface area contributed by atoms with Crippen molar-refractivity contribution in [1.82, 2.24) is 4.98 Å². The highest BCUT2D eigenvalue weighted by Crippen LogP contribution is 2.37. The molecule has 0 amide bonds. The molecule has 0 radical (unpaired) electrons. The molecule has 1 atom stereocenters. The first-order valence-corrected chi connectivity index (χ1v) is 7.59. The number of ether oxygens (including phenoxy) is 2. The van der Waals surface area contributed by atoms with Crippen molar-refractivity contribution in [3.05, 3.63) is 28.8 Å². The van der Waals surface area contributed by atoms with E-state index < -0.39 is 0 Å². The summed E-state index contributed by atoms with van der Waals surface area (Å²) in [5.74, 6) is 1.61. The number of benzene rings is 1. The molecule has 5 heteroatoms. The number of aromatic nitrogens is 1. The van der Waals surface area contributed by atoms with Crippen LogP contribution in [-0.4, -0.2) is 18.2 Å². The average Bonchev–Trinajstić information content (AvgIpc) is 2.68. The van der Waals surface area contributed by atoms with Crippen LogP contribution in [0.25, 0.3) is 10.6 Å². The largest absolute Gasteiger partial charge is 0.490 e. The molecule has 1 aromatic heterocycles. The number of rotatable bonds is 2. The number of nitrogens with zero attached hydrogens (tertiary/aromatic N) is 1. The first-order chi connectivity index (χ1) is 9.65. The van der Waals surface area contributed by atoms with Gasteiger partial charge < -0.3 is 15.2 Å². The average molecular weight is 290 g/mol. The van der Waals surface area contributed by atoms with Gasteiger partial charge in [-0.2, -0.15) is 0 Å². The Labute approximate surface area is 122 Å². The monoisotopic (exact) mass is 290 g/mol. The van der Waals surface area contributed by atoms with Crippen LogP contribution in [0.1, 0.15) is 30.0 Å². The SMILES string of the molecule is Cc1nc(-c2ccc3c(c2)OCCCO3)sc1C(C)N. The molecule has 2 N–H and O–H groups in total. The van der Waals surface area contributed by atoms with Gasteiger partial charge in [-0.25, -0.2) is 4.98 Å². The predicted molar refractivity (Wildman–Crippen MR) is 80.5 cm³/mol. The van der Waals surface area contributed by atoms with Gasteiger partial charge in [0, 0.05) is 22.9 Å². The third-order valence-corrected chi connectivity index (χ3v) is 4.65. The third-order valence-electron chi connectivity index (χ3n) is 3.24. The minimum atomic E-state index is 0.0154. The molecule has 4 nitrogen and oxygen atoms in total. The van der Waals surface area contributed by atoms with Crippen molar-refractivity contribution < 1.29 is 9.47 Å². The van der Waals surface area contributed by atoms with Crippen LogP contribution in [0.2, 0.25) is 0 Å². The van der Waals surface area contributed by atoms with E-state index >= 15 is 0 Å².